The van der Waals surface area contributed by atoms with Gasteiger partial charge in [-0.25, -0.2) is 13.1 Å². The predicted octanol–water partition coefficient (Wildman–Crippen LogP) is -0.238. The zero-order valence-corrected chi connectivity index (χ0v) is 16.3. The maximum Gasteiger partial charge on any atom is 0.227 e. The number of aromatic nitrogens is 3. The Morgan fingerprint density at radius 2 is 1.89 bits per heavy atom. The Morgan fingerprint density at radius 1 is 1.22 bits per heavy atom. The summed E-state index contributed by atoms with van der Waals surface area (Å²) < 4.78 is 32.0. The van der Waals surface area contributed by atoms with Gasteiger partial charge in [0.15, 0.2) is 0 Å². The highest BCUT2D eigenvalue weighted by Gasteiger charge is 2.46. The first-order valence-electron chi connectivity index (χ1n) is 8.18. The summed E-state index contributed by atoms with van der Waals surface area (Å²) in [5, 5.41) is 37.6. The zero-order valence-electron chi connectivity index (χ0n) is 14.7. The van der Waals surface area contributed by atoms with E-state index >= 15 is 0 Å². The fourth-order valence-electron chi connectivity index (χ4n) is 2.94. The molecule has 0 aliphatic carbocycles. The van der Waals surface area contributed by atoms with Gasteiger partial charge in [-0.1, -0.05) is 22.9 Å². The second-order valence-electron chi connectivity index (χ2n) is 6.29. The number of hydrogen-bond donors (Lipinski definition) is 3. The number of benzene rings is 1. The van der Waals surface area contributed by atoms with E-state index in [1.807, 2.05) is 6.92 Å². The summed E-state index contributed by atoms with van der Waals surface area (Å²) in [6, 6.07) is 5.31. The number of thioether (sulfide) groups is 1. The summed E-state index contributed by atoms with van der Waals surface area (Å²) in [6.07, 6.45) is -0.508. The first-order chi connectivity index (χ1) is 12.8. The van der Waals surface area contributed by atoms with Gasteiger partial charge in [0.25, 0.3) is 0 Å². The van der Waals surface area contributed by atoms with Gasteiger partial charge < -0.3 is 20.1 Å². The van der Waals surface area contributed by atoms with Gasteiger partial charge in [0.05, 0.1) is 17.7 Å². The van der Waals surface area contributed by atoms with Crippen LogP contribution in [0.25, 0.3) is 0 Å². The molecule has 0 bridgehead atoms. The van der Waals surface area contributed by atoms with E-state index in [1.165, 1.54) is 30.1 Å². The molecule has 3 rings (SSSR count). The van der Waals surface area contributed by atoms with Gasteiger partial charge in [-0.05, 0) is 25.3 Å². The van der Waals surface area contributed by atoms with Crippen LogP contribution in [0.3, 0.4) is 0 Å². The van der Waals surface area contributed by atoms with E-state index in [-0.39, 0.29) is 9.92 Å². The summed E-state index contributed by atoms with van der Waals surface area (Å²) in [5.74, 6) is 0. The van der Waals surface area contributed by atoms with Crippen LogP contribution in [0, 0.1) is 6.92 Å². The van der Waals surface area contributed by atoms with Crippen LogP contribution in [0.2, 0.25) is 0 Å². The Labute approximate surface area is 160 Å². The van der Waals surface area contributed by atoms with Crippen molar-refractivity contribution in [1.29, 1.82) is 0 Å². The fraction of sp³-hybridized carbons (Fsp3) is 0.500. The van der Waals surface area contributed by atoms with Crippen LogP contribution in [0.4, 0.5) is 0 Å². The van der Waals surface area contributed by atoms with E-state index in [9.17, 15) is 23.7 Å². The van der Waals surface area contributed by atoms with Crippen LogP contribution in [-0.4, -0.2) is 75.3 Å². The lowest BCUT2D eigenvalue weighted by atomic mass is 9.97. The van der Waals surface area contributed by atoms with Crippen LogP contribution in [-0.2, 0) is 14.6 Å². The molecule has 0 amide bonds. The molecule has 2 heterocycles. The van der Waals surface area contributed by atoms with Crippen molar-refractivity contribution in [3.05, 3.63) is 36.0 Å². The minimum absolute atomic E-state index is 0.0726. The normalized spacial score (nSPS) is 29.0. The summed E-state index contributed by atoms with van der Waals surface area (Å²) in [4.78, 5) is 0.0726. The molecule has 2 aromatic rings. The van der Waals surface area contributed by atoms with Crippen molar-refractivity contribution in [1.82, 2.24) is 15.0 Å². The van der Waals surface area contributed by atoms with Crippen molar-refractivity contribution >= 4 is 21.6 Å². The Morgan fingerprint density at radius 3 is 2.48 bits per heavy atom. The largest absolute Gasteiger partial charge is 0.394 e. The maximum atomic E-state index is 12.7. The number of nitrogens with zero attached hydrogens (tertiary/aromatic N) is 3. The van der Waals surface area contributed by atoms with Crippen molar-refractivity contribution in [3.8, 4) is 0 Å². The Hall–Kier alpha value is -1.50. The van der Waals surface area contributed by atoms with E-state index in [2.05, 4.69) is 10.3 Å². The molecule has 27 heavy (non-hydrogen) atoms. The number of aliphatic hydroxyl groups excluding tert-OH is 3. The van der Waals surface area contributed by atoms with E-state index in [0.717, 1.165) is 10.2 Å². The van der Waals surface area contributed by atoms with Crippen molar-refractivity contribution in [2.45, 2.75) is 46.6 Å². The van der Waals surface area contributed by atoms with Crippen molar-refractivity contribution in [2.75, 3.05) is 12.9 Å². The van der Waals surface area contributed by atoms with Gasteiger partial charge in [-0.2, -0.15) is 0 Å². The van der Waals surface area contributed by atoms with Crippen molar-refractivity contribution in [3.63, 3.8) is 0 Å². The number of aliphatic hydroxyl groups is 3. The molecule has 148 valence electrons. The van der Waals surface area contributed by atoms with Crippen molar-refractivity contribution < 1.29 is 28.5 Å². The minimum atomic E-state index is -3.89. The van der Waals surface area contributed by atoms with Crippen LogP contribution in [0.5, 0.6) is 0 Å². The molecular weight excluding hydrogens is 394 g/mol. The molecule has 0 radical (unpaired) electrons. The van der Waals surface area contributed by atoms with Gasteiger partial charge in [0.2, 0.25) is 14.9 Å². The smallest absolute Gasteiger partial charge is 0.227 e. The lowest BCUT2D eigenvalue weighted by Crippen LogP contribution is -2.54. The Balaban J connectivity index is 1.95. The second-order valence-corrected chi connectivity index (χ2v) is 9.12. The third-order valence-electron chi connectivity index (χ3n) is 4.48. The highest BCUT2D eigenvalue weighted by Crippen LogP contribution is 2.34. The molecule has 0 saturated carbocycles. The average Bonchev–Trinajstić information content (AvgIpc) is 3.13. The van der Waals surface area contributed by atoms with Crippen LogP contribution in [0.15, 0.2) is 40.4 Å². The Bertz CT molecular complexity index is 870. The molecule has 2 unspecified atom stereocenters. The summed E-state index contributed by atoms with van der Waals surface area (Å²) in [5.41, 5.74) is 0.209. The number of hydrogen-bond acceptors (Lipinski definition) is 9. The van der Waals surface area contributed by atoms with Gasteiger partial charge in [-0.3, -0.25) is 0 Å². The number of aryl methyl sites for hydroxylation is 1. The van der Waals surface area contributed by atoms with Crippen LogP contribution >= 0.6 is 11.8 Å². The fourth-order valence-corrected chi connectivity index (χ4v) is 4.76. The van der Waals surface area contributed by atoms with E-state index < -0.39 is 46.2 Å². The standard InChI is InChI=1S/C16H21N3O6S2/c1-9-3-5-10(6-4-9)27(23,24)12-7-19(18-17-12)13-14(21)11(8-20)25-16(26-2)15(13)22/h3-7,11,13-16,20-22H,8H2,1-2H3/t11?,13-,14-,15?,16-/m0/s1. The molecule has 1 saturated heterocycles. The van der Waals surface area contributed by atoms with Gasteiger partial charge >= 0.3 is 0 Å². The molecule has 11 heteroatoms. The molecule has 1 aliphatic rings. The van der Waals surface area contributed by atoms with Gasteiger partial charge in [0.1, 0.15) is 29.8 Å². The Kier molecular flexibility index (Phi) is 5.89. The third-order valence-corrected chi connectivity index (χ3v) is 6.97. The van der Waals surface area contributed by atoms with Gasteiger partial charge in [-0.15, -0.1) is 16.9 Å². The number of ether oxygens (including phenoxy) is 1. The zero-order chi connectivity index (χ0) is 19.8. The van der Waals surface area contributed by atoms with Crippen molar-refractivity contribution in [2.24, 2.45) is 0 Å². The van der Waals surface area contributed by atoms with Gasteiger partial charge in [0, 0.05) is 0 Å². The highest BCUT2D eigenvalue weighted by molar-refractivity contribution is 7.99. The number of rotatable bonds is 5. The van der Waals surface area contributed by atoms with Crippen LogP contribution < -0.4 is 0 Å². The first kappa shape index (κ1) is 20.2. The van der Waals surface area contributed by atoms with E-state index in [0.29, 0.717) is 0 Å². The lowest BCUT2D eigenvalue weighted by molar-refractivity contribution is -0.178. The summed E-state index contributed by atoms with van der Waals surface area (Å²) >= 11 is 1.21. The molecule has 9 nitrogen and oxygen atoms in total. The first-order valence-corrected chi connectivity index (χ1v) is 11.0. The molecule has 1 aromatic carbocycles. The molecule has 1 aliphatic heterocycles. The molecule has 3 N–H and O–H groups in total. The quantitative estimate of drug-likeness (QED) is 0.605. The highest BCUT2D eigenvalue weighted by atomic mass is 32.2. The molecule has 1 fully saturated rings. The predicted molar refractivity (Wildman–Crippen MR) is 97.0 cm³/mol. The molecule has 5 atom stereocenters. The number of sulfone groups is 1. The third kappa shape index (κ3) is 3.75. The topological polar surface area (TPSA) is 135 Å². The van der Waals surface area contributed by atoms with E-state index in [4.69, 9.17) is 4.74 Å². The average molecular weight is 415 g/mol. The molecule has 0 spiro atoms. The maximum absolute atomic E-state index is 12.7. The second kappa shape index (κ2) is 7.86. The molecule has 1 aromatic heterocycles. The minimum Gasteiger partial charge on any atom is -0.394 e. The monoisotopic (exact) mass is 415 g/mol. The van der Waals surface area contributed by atoms with Crippen LogP contribution in [0.1, 0.15) is 11.6 Å². The summed E-state index contributed by atoms with van der Waals surface area (Å²) in [6.45, 7) is 1.39. The lowest BCUT2D eigenvalue weighted by Gasteiger charge is -2.41. The van der Waals surface area contributed by atoms with E-state index in [1.54, 1.807) is 18.4 Å². The summed E-state index contributed by atoms with van der Waals surface area (Å²) in [7, 11) is -3.89. The molecular formula is C16H21N3O6S2. The SMILES string of the molecule is CS[C@@H]1OC(CO)[C@H](O)[C@H](n2cc(S(=O)(=O)c3ccc(C)cc3)nn2)C1O.